The number of hydrogen-bond donors (Lipinski definition) is 0. The molecule has 12 rings (SSSR count). The van der Waals surface area contributed by atoms with Crippen molar-refractivity contribution in [3.8, 4) is 57.1 Å². The third kappa shape index (κ3) is 8.30. The smallest absolute Gasteiger partial charge is 0.165 e. The van der Waals surface area contributed by atoms with Crippen LogP contribution in [-0.4, -0.2) is 22.4 Å². The van der Waals surface area contributed by atoms with Crippen LogP contribution < -0.4 is 28.4 Å². The first kappa shape index (κ1) is 54.3. The molecule has 0 aliphatic heterocycles. The van der Waals surface area contributed by atoms with E-state index in [2.05, 4.69) is 197 Å². The van der Waals surface area contributed by atoms with E-state index < -0.39 is 0 Å². The van der Waals surface area contributed by atoms with E-state index in [0.717, 1.165) is 93.9 Å². The van der Waals surface area contributed by atoms with Gasteiger partial charge >= 0.3 is 0 Å². The van der Waals surface area contributed by atoms with E-state index in [0.29, 0.717) is 47.3 Å². The van der Waals surface area contributed by atoms with Gasteiger partial charge < -0.3 is 28.4 Å². The highest BCUT2D eigenvalue weighted by Crippen LogP contribution is 2.75. The highest BCUT2D eigenvalue weighted by molar-refractivity contribution is 5.69. The Bertz CT molecular complexity index is 2800. The Morgan fingerprint density at radius 3 is 0.885 bits per heavy atom. The minimum Gasteiger partial charge on any atom is -0.482 e. The van der Waals surface area contributed by atoms with E-state index in [-0.39, 0.29) is 54.9 Å². The highest BCUT2D eigenvalue weighted by atomic mass is 16.6. The molecule has 8 aliphatic carbocycles. The van der Waals surface area contributed by atoms with Crippen molar-refractivity contribution in [2.75, 3.05) is 0 Å². The Labute approximate surface area is 471 Å². The zero-order valence-corrected chi connectivity index (χ0v) is 51.5. The Hall–Kier alpha value is -4.32. The van der Waals surface area contributed by atoms with Crippen molar-refractivity contribution in [3.05, 3.63) is 83.9 Å². The fourth-order valence-corrected chi connectivity index (χ4v) is 18.2. The van der Waals surface area contributed by atoms with E-state index in [1.165, 1.54) is 51.4 Å². The molecule has 4 aromatic carbocycles. The van der Waals surface area contributed by atoms with Crippen molar-refractivity contribution in [2.45, 2.75) is 235 Å². The SMILES string of the molecule is CC1CCC2C(C)(C)C2(Oc2ccc(Oc3ccc(-c4ccc(Oc5ccc(OC67CC(C)CCC6C7(C)C)c(OC67CC(C)CCC6C7(C)C)c5)c(C(C)(C)C)c4)cc3C(C)(C)C)cc2OC23CC(C)CCC2C3(C)C)C1. The predicted octanol–water partition coefficient (Wildman–Crippen LogP) is 19.9. The Kier molecular flexibility index (Phi) is 12.2. The Balaban J connectivity index is 0.848. The Morgan fingerprint density at radius 2 is 0.603 bits per heavy atom. The number of fused-ring (bicyclic) bond motifs is 4. The molecule has 0 aromatic heterocycles. The molecular formula is C72H98O6. The molecule has 8 saturated carbocycles. The summed E-state index contributed by atoms with van der Waals surface area (Å²) in [5, 5.41) is 0. The molecule has 6 heteroatoms. The molecule has 12 atom stereocenters. The summed E-state index contributed by atoms with van der Waals surface area (Å²) in [5.41, 5.74) is 3.90. The van der Waals surface area contributed by atoms with Crippen molar-refractivity contribution in [1.82, 2.24) is 0 Å². The minimum atomic E-state index is -0.207. The van der Waals surface area contributed by atoms with Crippen LogP contribution in [0.15, 0.2) is 72.8 Å². The van der Waals surface area contributed by atoms with E-state index in [4.69, 9.17) is 28.4 Å². The lowest BCUT2D eigenvalue weighted by atomic mass is 9.82. The first-order chi connectivity index (χ1) is 36.4. The van der Waals surface area contributed by atoms with Crippen LogP contribution >= 0.6 is 0 Å². The Morgan fingerprint density at radius 1 is 0.333 bits per heavy atom. The summed E-state index contributed by atoms with van der Waals surface area (Å²) >= 11 is 0. The minimum absolute atomic E-state index is 0.104. The summed E-state index contributed by atoms with van der Waals surface area (Å²) in [6.07, 6.45) is 14.3. The lowest BCUT2D eigenvalue weighted by Gasteiger charge is -2.33. The van der Waals surface area contributed by atoms with Gasteiger partial charge in [0.05, 0.1) is 0 Å². The van der Waals surface area contributed by atoms with Crippen LogP contribution in [0.1, 0.15) is 213 Å². The van der Waals surface area contributed by atoms with Gasteiger partial charge in [-0.3, -0.25) is 0 Å². The average Bonchev–Trinajstić information content (AvgIpc) is 3.50. The van der Waals surface area contributed by atoms with Crippen molar-refractivity contribution >= 4 is 0 Å². The molecule has 422 valence electrons. The molecule has 0 spiro atoms. The lowest BCUT2D eigenvalue weighted by molar-refractivity contribution is 0.0574. The first-order valence-electron chi connectivity index (χ1n) is 31.1. The highest BCUT2D eigenvalue weighted by Gasteiger charge is 2.78. The van der Waals surface area contributed by atoms with Crippen LogP contribution in [-0.2, 0) is 10.8 Å². The van der Waals surface area contributed by atoms with Crippen LogP contribution in [0.5, 0.6) is 46.0 Å². The maximum Gasteiger partial charge on any atom is 0.165 e. The summed E-state index contributed by atoms with van der Waals surface area (Å²) in [4.78, 5) is 0. The quantitative estimate of drug-likeness (QED) is 0.133. The molecule has 8 aliphatic rings. The standard InChI is InChI=1S/C72H98O6/c1-43-19-31-59-65(11,12)69(59,39-43)75-55-29-25-49(37-57(55)77-71-41-45(3)21-33-61(71)67(71,15)16)73-53-27-23-47(35-51(53)63(5,6)7)48-24-28-54(52(36-48)64(8,9)10)74-50-26-30-56(76-70-40-44(2)20-32-60(70)66(70,13)14)58(38-50)78-72-42-46(4)22-34-62(72)68(72,17)18/h23-30,35-38,43-46,59-62H,19-22,31-34,39-42H2,1-18H3. The zero-order valence-electron chi connectivity index (χ0n) is 51.5. The molecule has 0 radical (unpaired) electrons. The maximum absolute atomic E-state index is 7.45. The molecule has 0 saturated heterocycles. The normalized spacial score (nSPS) is 36.1. The lowest BCUT2D eigenvalue weighted by Crippen LogP contribution is -2.33. The second kappa shape index (κ2) is 17.6. The second-order valence-electron chi connectivity index (χ2n) is 32.0. The van der Waals surface area contributed by atoms with Crippen molar-refractivity contribution in [1.29, 1.82) is 0 Å². The van der Waals surface area contributed by atoms with Gasteiger partial charge in [-0.2, -0.15) is 0 Å². The van der Waals surface area contributed by atoms with Gasteiger partial charge in [-0.15, -0.1) is 0 Å². The molecular weight excluding hydrogens is 961 g/mol. The van der Waals surface area contributed by atoms with E-state index in [9.17, 15) is 0 Å². The molecule has 0 heterocycles. The molecule has 0 N–H and O–H groups in total. The molecule has 8 fully saturated rings. The number of rotatable bonds is 13. The van der Waals surface area contributed by atoms with Gasteiger partial charge in [-0.05, 0) is 146 Å². The molecule has 12 unspecified atom stereocenters. The summed E-state index contributed by atoms with van der Waals surface area (Å²) in [6.45, 7) is 42.6. The van der Waals surface area contributed by atoms with Gasteiger partial charge in [-0.1, -0.05) is 162 Å². The number of ether oxygens (including phenoxy) is 6. The summed E-state index contributed by atoms with van der Waals surface area (Å²) in [7, 11) is 0. The van der Waals surface area contributed by atoms with Crippen molar-refractivity contribution in [2.24, 2.45) is 69.0 Å². The number of benzene rings is 4. The molecule has 0 amide bonds. The monoisotopic (exact) mass is 1060 g/mol. The van der Waals surface area contributed by atoms with Crippen LogP contribution in [0.25, 0.3) is 11.1 Å². The van der Waals surface area contributed by atoms with Crippen molar-refractivity contribution < 1.29 is 28.4 Å². The van der Waals surface area contributed by atoms with E-state index in [1.54, 1.807) is 0 Å². The maximum atomic E-state index is 7.45. The summed E-state index contributed by atoms with van der Waals surface area (Å²) < 4.78 is 43.7. The number of hydrogen-bond acceptors (Lipinski definition) is 6. The van der Waals surface area contributed by atoms with Gasteiger partial charge in [0.25, 0.3) is 0 Å². The zero-order chi connectivity index (χ0) is 55.8. The van der Waals surface area contributed by atoms with Crippen LogP contribution in [0, 0.1) is 69.0 Å². The van der Waals surface area contributed by atoms with Gasteiger partial charge in [0, 0.05) is 68.6 Å². The molecule has 78 heavy (non-hydrogen) atoms. The van der Waals surface area contributed by atoms with Gasteiger partial charge in [0.15, 0.2) is 23.0 Å². The fourth-order valence-electron chi connectivity index (χ4n) is 18.2. The third-order valence-electron chi connectivity index (χ3n) is 23.5. The van der Waals surface area contributed by atoms with Gasteiger partial charge in [-0.25, -0.2) is 0 Å². The fraction of sp³-hybridized carbons (Fsp3) is 0.667. The van der Waals surface area contributed by atoms with Crippen LogP contribution in [0.2, 0.25) is 0 Å². The summed E-state index contributed by atoms with van der Waals surface area (Å²) in [5.74, 6) is 11.4. The van der Waals surface area contributed by atoms with Gasteiger partial charge in [0.1, 0.15) is 45.4 Å². The first-order valence-corrected chi connectivity index (χ1v) is 31.1. The largest absolute Gasteiger partial charge is 0.482 e. The third-order valence-corrected chi connectivity index (χ3v) is 23.5. The molecule has 0 bridgehead atoms. The molecule has 6 nitrogen and oxygen atoms in total. The summed E-state index contributed by atoms with van der Waals surface area (Å²) in [6, 6.07) is 26.3. The van der Waals surface area contributed by atoms with E-state index >= 15 is 0 Å². The van der Waals surface area contributed by atoms with Crippen molar-refractivity contribution in [3.63, 3.8) is 0 Å². The van der Waals surface area contributed by atoms with Crippen LogP contribution in [0.3, 0.4) is 0 Å². The molecule has 4 aromatic rings. The predicted molar refractivity (Wildman–Crippen MR) is 317 cm³/mol. The van der Waals surface area contributed by atoms with E-state index in [1.807, 2.05) is 0 Å². The second-order valence-corrected chi connectivity index (χ2v) is 32.0. The van der Waals surface area contributed by atoms with Gasteiger partial charge in [0.2, 0.25) is 0 Å². The topological polar surface area (TPSA) is 55.4 Å². The average molecular weight is 1060 g/mol. The van der Waals surface area contributed by atoms with Crippen LogP contribution in [0.4, 0.5) is 0 Å².